The van der Waals surface area contributed by atoms with Gasteiger partial charge in [-0.2, -0.15) is 4.98 Å². The van der Waals surface area contributed by atoms with E-state index in [1.165, 1.54) is 43.8 Å². The molecule has 0 atom stereocenters. The zero-order chi connectivity index (χ0) is 20.8. The van der Waals surface area contributed by atoms with E-state index in [4.69, 9.17) is 16.6 Å². The van der Waals surface area contributed by atoms with Gasteiger partial charge in [0.2, 0.25) is 5.91 Å². The fraction of sp³-hybridized carbons (Fsp3) is 0.429. The standard InChI is InChI=1S/C21H24ClN5OS2/c22-16-7-5-15(6-8-16)9-10-23-17(28)13-29-20-18-19(24-14-25-20)26-21(30-18)27-11-3-1-2-4-12-27/h5-8,14H,1-4,9-13H2,(H,23,28). The minimum absolute atomic E-state index is 0.00187. The molecule has 4 rings (SSSR count). The van der Waals surface area contributed by atoms with E-state index in [9.17, 15) is 4.79 Å². The van der Waals surface area contributed by atoms with E-state index in [1.807, 2.05) is 24.3 Å². The molecule has 0 bridgehead atoms. The Kier molecular flexibility index (Phi) is 7.41. The van der Waals surface area contributed by atoms with Gasteiger partial charge in [-0.3, -0.25) is 4.79 Å². The molecule has 1 aromatic carbocycles. The van der Waals surface area contributed by atoms with Crippen LogP contribution in [0, 0.1) is 0 Å². The molecule has 2 aromatic heterocycles. The van der Waals surface area contributed by atoms with Crippen molar-refractivity contribution >= 4 is 56.1 Å². The lowest BCUT2D eigenvalue weighted by atomic mass is 10.1. The number of benzene rings is 1. The van der Waals surface area contributed by atoms with Crippen LogP contribution in [0.2, 0.25) is 5.02 Å². The molecule has 1 aliphatic heterocycles. The number of fused-ring (bicyclic) bond motifs is 1. The number of rotatable bonds is 7. The van der Waals surface area contributed by atoms with Crippen molar-refractivity contribution in [3.63, 3.8) is 0 Å². The first-order valence-corrected chi connectivity index (χ1v) is 12.4. The smallest absolute Gasteiger partial charge is 0.230 e. The van der Waals surface area contributed by atoms with Crippen molar-refractivity contribution in [1.29, 1.82) is 0 Å². The molecule has 0 unspecified atom stereocenters. The van der Waals surface area contributed by atoms with Crippen molar-refractivity contribution in [2.75, 3.05) is 30.3 Å². The molecular formula is C21H24ClN5OS2. The Morgan fingerprint density at radius 1 is 1.13 bits per heavy atom. The third-order valence-corrected chi connectivity index (χ3v) is 7.50. The first-order chi connectivity index (χ1) is 14.7. The molecule has 1 aliphatic rings. The summed E-state index contributed by atoms with van der Waals surface area (Å²) < 4.78 is 0.968. The van der Waals surface area contributed by atoms with Crippen molar-refractivity contribution in [2.45, 2.75) is 37.1 Å². The molecule has 158 valence electrons. The predicted molar refractivity (Wildman–Crippen MR) is 125 cm³/mol. The first kappa shape index (κ1) is 21.3. The molecule has 30 heavy (non-hydrogen) atoms. The summed E-state index contributed by atoms with van der Waals surface area (Å²) in [6, 6.07) is 7.69. The molecule has 0 saturated carbocycles. The van der Waals surface area contributed by atoms with E-state index in [-0.39, 0.29) is 5.91 Å². The first-order valence-electron chi connectivity index (χ1n) is 10.2. The lowest BCUT2D eigenvalue weighted by Gasteiger charge is -2.18. The molecular weight excluding hydrogens is 438 g/mol. The SMILES string of the molecule is O=C(CSc1ncnc2nc(N3CCCCCC3)sc12)NCCc1ccc(Cl)cc1. The van der Waals surface area contributed by atoms with E-state index in [0.29, 0.717) is 12.3 Å². The minimum Gasteiger partial charge on any atom is -0.355 e. The predicted octanol–water partition coefficient (Wildman–Crippen LogP) is 4.57. The Bertz CT molecular complexity index is 987. The molecule has 1 amide bonds. The molecule has 6 nitrogen and oxygen atoms in total. The third kappa shape index (κ3) is 5.62. The van der Waals surface area contributed by atoms with Crippen LogP contribution in [0.25, 0.3) is 10.3 Å². The summed E-state index contributed by atoms with van der Waals surface area (Å²) >= 11 is 8.98. The van der Waals surface area contributed by atoms with Gasteiger partial charge in [0.05, 0.1) is 5.75 Å². The van der Waals surface area contributed by atoms with E-state index in [2.05, 4.69) is 20.2 Å². The van der Waals surface area contributed by atoms with E-state index in [1.54, 1.807) is 11.3 Å². The van der Waals surface area contributed by atoms with E-state index < -0.39 is 0 Å². The van der Waals surface area contributed by atoms with Crippen LogP contribution in [0.5, 0.6) is 0 Å². The number of aromatic nitrogens is 3. The fourth-order valence-corrected chi connectivity index (χ4v) is 5.50. The van der Waals surface area contributed by atoms with Crippen molar-refractivity contribution in [1.82, 2.24) is 20.3 Å². The average molecular weight is 462 g/mol. The zero-order valence-corrected chi connectivity index (χ0v) is 19.0. The Morgan fingerprint density at radius 2 is 1.90 bits per heavy atom. The van der Waals surface area contributed by atoms with Gasteiger partial charge in [-0.1, -0.05) is 59.7 Å². The molecule has 1 fully saturated rings. The summed E-state index contributed by atoms with van der Waals surface area (Å²) in [5, 5.41) is 5.53. The number of carbonyl (C=O) groups excluding carboxylic acids is 1. The van der Waals surface area contributed by atoms with Gasteiger partial charge in [0.25, 0.3) is 0 Å². The Hall–Kier alpha value is -1.90. The number of nitrogens with one attached hydrogen (secondary N) is 1. The number of nitrogens with zero attached hydrogens (tertiary/aromatic N) is 4. The average Bonchev–Trinajstić information content (AvgIpc) is 3.01. The van der Waals surface area contributed by atoms with Gasteiger partial charge < -0.3 is 10.2 Å². The normalized spacial score (nSPS) is 14.6. The molecule has 0 radical (unpaired) electrons. The number of carbonyl (C=O) groups is 1. The van der Waals surface area contributed by atoms with Crippen LogP contribution in [-0.2, 0) is 11.2 Å². The molecule has 0 aliphatic carbocycles. The minimum atomic E-state index is -0.00187. The van der Waals surface area contributed by atoms with Gasteiger partial charge >= 0.3 is 0 Å². The lowest BCUT2D eigenvalue weighted by Crippen LogP contribution is -2.27. The van der Waals surface area contributed by atoms with Crippen molar-refractivity contribution in [3.8, 4) is 0 Å². The Balaban J connectivity index is 1.32. The lowest BCUT2D eigenvalue weighted by molar-refractivity contribution is -0.118. The van der Waals surface area contributed by atoms with Gasteiger partial charge in [0.1, 0.15) is 16.1 Å². The van der Waals surface area contributed by atoms with Crippen LogP contribution < -0.4 is 10.2 Å². The number of thiazole rings is 1. The number of hydrogen-bond donors (Lipinski definition) is 1. The van der Waals surface area contributed by atoms with Gasteiger partial charge in [-0.05, 0) is 37.0 Å². The summed E-state index contributed by atoms with van der Waals surface area (Å²) in [5.74, 6) is 0.321. The maximum absolute atomic E-state index is 12.3. The highest BCUT2D eigenvalue weighted by Crippen LogP contribution is 2.34. The topological polar surface area (TPSA) is 71.0 Å². The van der Waals surface area contributed by atoms with Gasteiger partial charge in [-0.15, -0.1) is 0 Å². The quantitative estimate of drug-likeness (QED) is 0.410. The maximum atomic E-state index is 12.3. The summed E-state index contributed by atoms with van der Waals surface area (Å²) in [6.07, 6.45) is 7.30. The largest absolute Gasteiger partial charge is 0.355 e. The third-order valence-electron chi connectivity index (χ3n) is 5.01. The fourth-order valence-electron chi connectivity index (χ4n) is 3.40. The molecule has 0 spiro atoms. The van der Waals surface area contributed by atoms with Crippen LogP contribution in [0.15, 0.2) is 35.6 Å². The highest BCUT2D eigenvalue weighted by Gasteiger charge is 2.17. The van der Waals surface area contributed by atoms with Crippen molar-refractivity contribution in [2.24, 2.45) is 0 Å². The number of amides is 1. The van der Waals surface area contributed by atoms with Crippen molar-refractivity contribution < 1.29 is 4.79 Å². The van der Waals surface area contributed by atoms with Gasteiger partial charge in [0, 0.05) is 24.7 Å². The van der Waals surface area contributed by atoms with Crippen LogP contribution in [0.3, 0.4) is 0 Å². The molecule has 3 aromatic rings. The number of anilines is 1. The Labute approximate surface area is 189 Å². The second-order valence-corrected chi connectivity index (χ2v) is 9.62. The summed E-state index contributed by atoms with van der Waals surface area (Å²) in [4.78, 5) is 28.1. The zero-order valence-electron chi connectivity index (χ0n) is 16.6. The second-order valence-electron chi connectivity index (χ2n) is 7.24. The number of hydrogen-bond acceptors (Lipinski definition) is 7. The molecule has 9 heteroatoms. The van der Waals surface area contributed by atoms with Crippen LogP contribution in [0.1, 0.15) is 31.2 Å². The molecule has 1 saturated heterocycles. The highest BCUT2D eigenvalue weighted by atomic mass is 35.5. The molecule has 3 heterocycles. The van der Waals surface area contributed by atoms with Gasteiger partial charge in [0.15, 0.2) is 10.8 Å². The number of halogens is 1. The van der Waals surface area contributed by atoms with E-state index in [0.717, 1.165) is 50.6 Å². The van der Waals surface area contributed by atoms with Crippen LogP contribution in [0.4, 0.5) is 5.13 Å². The summed E-state index contributed by atoms with van der Waals surface area (Å²) in [5.41, 5.74) is 1.87. The van der Waals surface area contributed by atoms with Crippen LogP contribution >= 0.6 is 34.7 Å². The second kappa shape index (κ2) is 10.4. The van der Waals surface area contributed by atoms with Crippen molar-refractivity contribution in [3.05, 3.63) is 41.2 Å². The Morgan fingerprint density at radius 3 is 2.67 bits per heavy atom. The summed E-state index contributed by atoms with van der Waals surface area (Å²) in [6.45, 7) is 2.69. The highest BCUT2D eigenvalue weighted by molar-refractivity contribution is 8.00. The maximum Gasteiger partial charge on any atom is 0.230 e. The monoisotopic (exact) mass is 461 g/mol. The number of thioether (sulfide) groups is 1. The molecule has 1 N–H and O–H groups in total. The van der Waals surface area contributed by atoms with E-state index >= 15 is 0 Å². The van der Waals surface area contributed by atoms with Crippen LogP contribution in [-0.4, -0.2) is 46.2 Å². The van der Waals surface area contributed by atoms with Gasteiger partial charge in [-0.25, -0.2) is 9.97 Å². The summed E-state index contributed by atoms with van der Waals surface area (Å²) in [7, 11) is 0.